The first-order chi connectivity index (χ1) is 12.6. The van der Waals surface area contributed by atoms with E-state index in [-0.39, 0.29) is 28.9 Å². The minimum Gasteiger partial charge on any atom is -0.307 e. The molecule has 1 aliphatic heterocycles. The highest BCUT2D eigenvalue weighted by Crippen LogP contribution is 2.31. The van der Waals surface area contributed by atoms with Gasteiger partial charge in [-0.25, -0.2) is 13.1 Å². The molecule has 1 aromatic heterocycles. The molecule has 0 radical (unpaired) electrons. The quantitative estimate of drug-likeness (QED) is 0.873. The van der Waals surface area contributed by atoms with Gasteiger partial charge in [0.2, 0.25) is 0 Å². The topological polar surface area (TPSA) is 105 Å². The van der Waals surface area contributed by atoms with E-state index in [0.29, 0.717) is 23.4 Å². The monoisotopic (exact) mass is 386 g/mol. The highest BCUT2D eigenvalue weighted by molar-refractivity contribution is 7.91. The molecule has 1 unspecified atom stereocenters. The first-order valence-electron chi connectivity index (χ1n) is 8.71. The maximum atomic E-state index is 12.7. The normalized spacial score (nSPS) is 18.8. The van der Waals surface area contributed by atoms with Crippen LogP contribution in [0.1, 0.15) is 54.8 Å². The Kier molecular flexibility index (Phi) is 4.82. The minimum atomic E-state index is -3.09. The maximum Gasteiger partial charge on any atom is 0.256 e. The SMILES string of the molecule is CC(C)(C)c1cc(NC(=O)c2cccc(C#N)c2)n(C2CCS(=O)(=O)C2)n1. The Bertz CT molecular complexity index is 1030. The van der Waals surface area contributed by atoms with Crippen molar-refractivity contribution in [3.63, 3.8) is 0 Å². The lowest BCUT2D eigenvalue weighted by Crippen LogP contribution is -2.20. The number of nitriles is 1. The number of nitrogens with one attached hydrogen (secondary N) is 1. The Hall–Kier alpha value is -2.66. The second-order valence-electron chi connectivity index (χ2n) is 7.81. The van der Waals surface area contributed by atoms with Gasteiger partial charge in [-0.2, -0.15) is 10.4 Å². The number of amides is 1. The molecular weight excluding hydrogens is 364 g/mol. The zero-order valence-electron chi connectivity index (χ0n) is 15.6. The maximum absolute atomic E-state index is 12.7. The molecule has 2 heterocycles. The first kappa shape index (κ1) is 19.1. The summed E-state index contributed by atoms with van der Waals surface area (Å²) in [6, 6.07) is 9.92. The molecule has 3 rings (SSSR count). The average molecular weight is 386 g/mol. The van der Waals surface area contributed by atoms with Gasteiger partial charge in [0.1, 0.15) is 5.82 Å². The summed E-state index contributed by atoms with van der Waals surface area (Å²) < 4.78 is 25.4. The summed E-state index contributed by atoms with van der Waals surface area (Å²) in [6.07, 6.45) is 0.473. The largest absolute Gasteiger partial charge is 0.307 e. The Morgan fingerprint density at radius 3 is 2.67 bits per heavy atom. The van der Waals surface area contributed by atoms with Gasteiger partial charge in [-0.15, -0.1) is 0 Å². The summed E-state index contributed by atoms with van der Waals surface area (Å²) in [5.41, 5.74) is 1.28. The lowest BCUT2D eigenvalue weighted by Gasteiger charge is -2.15. The van der Waals surface area contributed by atoms with Crippen molar-refractivity contribution in [2.75, 3.05) is 16.8 Å². The third-order valence-electron chi connectivity index (χ3n) is 4.55. The van der Waals surface area contributed by atoms with Crippen molar-refractivity contribution < 1.29 is 13.2 Å². The van der Waals surface area contributed by atoms with Crippen molar-refractivity contribution in [3.8, 4) is 6.07 Å². The van der Waals surface area contributed by atoms with Crippen LogP contribution in [0.2, 0.25) is 0 Å². The number of hydrogen-bond donors (Lipinski definition) is 1. The molecule has 1 atom stereocenters. The number of aromatic nitrogens is 2. The van der Waals surface area contributed by atoms with Gasteiger partial charge in [-0.3, -0.25) is 4.79 Å². The molecule has 0 bridgehead atoms. The Labute approximate surface area is 158 Å². The predicted octanol–water partition coefficient (Wildman–Crippen LogP) is 2.66. The van der Waals surface area contributed by atoms with Gasteiger partial charge in [-0.1, -0.05) is 26.8 Å². The van der Waals surface area contributed by atoms with Crippen molar-refractivity contribution in [2.24, 2.45) is 0 Å². The highest BCUT2D eigenvalue weighted by atomic mass is 32.2. The number of rotatable bonds is 3. The van der Waals surface area contributed by atoms with Crippen LogP contribution in [0.15, 0.2) is 30.3 Å². The second kappa shape index (κ2) is 6.82. The van der Waals surface area contributed by atoms with E-state index in [1.54, 1.807) is 28.9 Å². The number of anilines is 1. The summed E-state index contributed by atoms with van der Waals surface area (Å²) in [5, 5.41) is 16.4. The van der Waals surface area contributed by atoms with Crippen LogP contribution < -0.4 is 5.32 Å². The predicted molar refractivity (Wildman–Crippen MR) is 102 cm³/mol. The molecule has 27 heavy (non-hydrogen) atoms. The third kappa shape index (κ3) is 4.19. The number of hydrogen-bond acceptors (Lipinski definition) is 5. The molecular formula is C19H22N4O3S. The van der Waals surface area contributed by atoms with E-state index in [1.165, 1.54) is 6.07 Å². The molecule has 1 aliphatic rings. The molecule has 0 spiro atoms. The second-order valence-corrected chi connectivity index (χ2v) is 10.0. The fourth-order valence-electron chi connectivity index (χ4n) is 3.02. The molecule has 142 valence electrons. The van der Waals surface area contributed by atoms with Gasteiger partial charge < -0.3 is 5.32 Å². The van der Waals surface area contributed by atoms with E-state index in [4.69, 9.17) is 5.26 Å². The van der Waals surface area contributed by atoms with Gasteiger partial charge >= 0.3 is 0 Å². The Morgan fingerprint density at radius 1 is 1.33 bits per heavy atom. The lowest BCUT2D eigenvalue weighted by atomic mass is 9.92. The Balaban J connectivity index is 1.95. The van der Waals surface area contributed by atoms with Gasteiger partial charge in [0.05, 0.1) is 34.9 Å². The molecule has 1 fully saturated rings. The van der Waals surface area contributed by atoms with E-state index >= 15 is 0 Å². The van der Waals surface area contributed by atoms with Gasteiger partial charge in [-0.05, 0) is 24.6 Å². The van der Waals surface area contributed by atoms with Crippen molar-refractivity contribution in [2.45, 2.75) is 38.6 Å². The first-order valence-corrected chi connectivity index (χ1v) is 10.5. The number of carbonyl (C=O) groups excluding carboxylic acids is 1. The van der Waals surface area contributed by atoms with E-state index in [0.717, 1.165) is 5.69 Å². The summed E-state index contributed by atoms with van der Waals surface area (Å²) in [7, 11) is -3.09. The highest BCUT2D eigenvalue weighted by Gasteiger charge is 2.33. The fraction of sp³-hybridized carbons (Fsp3) is 0.421. The van der Waals surface area contributed by atoms with Crippen LogP contribution in [-0.4, -0.2) is 35.6 Å². The van der Waals surface area contributed by atoms with E-state index < -0.39 is 9.84 Å². The summed E-state index contributed by atoms with van der Waals surface area (Å²) in [6.45, 7) is 6.02. The average Bonchev–Trinajstić information content (AvgIpc) is 3.17. The van der Waals surface area contributed by atoms with Crippen LogP contribution in [0.5, 0.6) is 0 Å². The van der Waals surface area contributed by atoms with Crippen molar-refractivity contribution >= 4 is 21.6 Å². The standard InChI is InChI=1S/C19H22N4O3S/c1-19(2,3)16-10-17(23(22-16)15-7-8-27(25,26)12-15)21-18(24)14-6-4-5-13(9-14)11-20/h4-6,9-10,15H,7-8,12H2,1-3H3,(H,21,24). The van der Waals surface area contributed by atoms with Crippen molar-refractivity contribution in [1.82, 2.24) is 9.78 Å². The molecule has 2 aromatic rings. The zero-order chi connectivity index (χ0) is 19.8. The smallest absolute Gasteiger partial charge is 0.256 e. The molecule has 1 saturated heterocycles. The Morgan fingerprint density at radius 2 is 2.07 bits per heavy atom. The molecule has 1 aromatic carbocycles. The number of nitrogens with zero attached hydrogens (tertiary/aromatic N) is 3. The number of benzene rings is 1. The van der Waals surface area contributed by atoms with Crippen molar-refractivity contribution in [3.05, 3.63) is 47.2 Å². The van der Waals surface area contributed by atoms with Crippen LogP contribution in [0.25, 0.3) is 0 Å². The molecule has 8 heteroatoms. The number of carbonyl (C=O) groups is 1. The summed E-state index contributed by atoms with van der Waals surface area (Å²) in [4.78, 5) is 12.7. The van der Waals surface area contributed by atoms with Crippen LogP contribution in [0, 0.1) is 11.3 Å². The molecule has 1 N–H and O–H groups in total. The summed E-state index contributed by atoms with van der Waals surface area (Å²) in [5.74, 6) is 0.245. The number of sulfone groups is 1. The molecule has 0 saturated carbocycles. The molecule has 0 aliphatic carbocycles. The molecule has 7 nitrogen and oxygen atoms in total. The van der Waals surface area contributed by atoms with Crippen molar-refractivity contribution in [1.29, 1.82) is 5.26 Å². The van der Waals surface area contributed by atoms with Crippen LogP contribution in [0.4, 0.5) is 5.82 Å². The van der Waals surface area contributed by atoms with Gasteiger partial charge in [0.25, 0.3) is 5.91 Å². The van der Waals surface area contributed by atoms with Crippen LogP contribution in [0.3, 0.4) is 0 Å². The fourth-order valence-corrected chi connectivity index (χ4v) is 4.71. The zero-order valence-corrected chi connectivity index (χ0v) is 16.4. The summed E-state index contributed by atoms with van der Waals surface area (Å²) >= 11 is 0. The third-order valence-corrected chi connectivity index (χ3v) is 6.30. The van der Waals surface area contributed by atoms with E-state index in [2.05, 4.69) is 10.4 Å². The van der Waals surface area contributed by atoms with E-state index in [1.807, 2.05) is 26.8 Å². The minimum absolute atomic E-state index is 0.0189. The van der Waals surface area contributed by atoms with Gasteiger partial charge in [0.15, 0.2) is 9.84 Å². The molecule has 1 amide bonds. The van der Waals surface area contributed by atoms with Gasteiger partial charge in [0, 0.05) is 17.0 Å². The van der Waals surface area contributed by atoms with Crippen LogP contribution >= 0.6 is 0 Å². The van der Waals surface area contributed by atoms with E-state index in [9.17, 15) is 13.2 Å². The lowest BCUT2D eigenvalue weighted by molar-refractivity contribution is 0.102. The van der Waals surface area contributed by atoms with Crippen LogP contribution in [-0.2, 0) is 15.3 Å².